The van der Waals surface area contributed by atoms with E-state index in [1.165, 1.54) is 19.4 Å². The largest absolute Gasteiger partial charge is 0.497 e. The lowest BCUT2D eigenvalue weighted by molar-refractivity contribution is -0.137. The van der Waals surface area contributed by atoms with Gasteiger partial charge in [0.05, 0.1) is 38.4 Å². The second kappa shape index (κ2) is 52.6. The monoisotopic (exact) mass is 1870 g/mol. The lowest BCUT2D eigenvalue weighted by Crippen LogP contribution is -2.36. The zero-order valence-corrected chi connectivity index (χ0v) is 72.0. The van der Waals surface area contributed by atoms with Crippen LogP contribution in [0.25, 0.3) is 10.9 Å². The summed E-state index contributed by atoms with van der Waals surface area (Å²) in [5.74, 6) is -23.4. The number of fused-ring (bicyclic) bond motifs is 14. The Bertz CT molecular complexity index is 4590. The normalized spacial score (nSPS) is 26.5. The van der Waals surface area contributed by atoms with Gasteiger partial charge in [0.15, 0.2) is 35.8 Å². The number of hydrogen-bond donors (Lipinski definition) is 32. The number of imidazole rings is 1. The molecule has 55 heteroatoms. The van der Waals surface area contributed by atoms with Gasteiger partial charge in [-0.05, 0) is 70.0 Å². The van der Waals surface area contributed by atoms with Crippen molar-refractivity contribution >= 4 is 194 Å². The maximum Gasteiger partial charge on any atom is 0.306 e. The predicted molar refractivity (Wildman–Crippen MR) is 493 cm³/mol. The number of benzene rings is 1. The molecule has 0 saturated heterocycles. The van der Waals surface area contributed by atoms with Crippen LogP contribution in [0.3, 0.4) is 0 Å². The van der Waals surface area contributed by atoms with Crippen LogP contribution in [0.15, 0.2) is 118 Å². The number of guanidine groups is 2. The molecule has 3 aliphatic heterocycles. The number of aliphatic hydroxyl groups is 19. The first-order valence-corrected chi connectivity index (χ1v) is 45.8. The number of carboxylic acids is 1. The van der Waals surface area contributed by atoms with Crippen molar-refractivity contribution in [3.63, 3.8) is 0 Å². The highest BCUT2D eigenvalue weighted by atomic mass is 33.1. The van der Waals surface area contributed by atoms with Crippen LogP contribution in [0.1, 0.15) is 76.0 Å². The van der Waals surface area contributed by atoms with Crippen molar-refractivity contribution in [2.24, 2.45) is 97.8 Å². The topological polar surface area (TPSA) is 875 Å². The molecule has 16 unspecified atom stereocenters. The van der Waals surface area contributed by atoms with E-state index in [1.807, 2.05) is 0 Å². The number of carbonyl (C=O) groups is 1. The molecule has 0 saturated carbocycles. The molecule has 49 nitrogen and oxygen atoms in total. The van der Waals surface area contributed by atoms with Crippen LogP contribution in [0.2, 0.25) is 0 Å². The number of nitrogens with zero attached hydrogens (tertiary/aromatic N) is 16. The van der Waals surface area contributed by atoms with Gasteiger partial charge in [0.1, 0.15) is 78.5 Å². The third-order valence-corrected chi connectivity index (χ3v) is 25.1. The highest BCUT2D eigenvalue weighted by Crippen LogP contribution is 2.31. The first kappa shape index (κ1) is 103. The van der Waals surface area contributed by atoms with Gasteiger partial charge in [0.25, 0.3) is 0 Å². The number of aliphatic hydroxyl groups excluding tert-OH is 19. The lowest BCUT2D eigenvalue weighted by atomic mass is 10.0. The molecule has 0 amide bonds. The fraction of sp³-hybridized carbons (Fsp3) is 0.557. The summed E-state index contributed by atoms with van der Waals surface area (Å²) in [4.78, 5) is 86.3. The molecule has 6 rings (SSSR count). The van der Waals surface area contributed by atoms with E-state index in [-0.39, 0.29) is 76.0 Å². The zero-order valence-electron chi connectivity index (χ0n) is 67.1. The van der Waals surface area contributed by atoms with Gasteiger partial charge in [-0.1, -0.05) is 83.0 Å². The smallest absolute Gasteiger partial charge is 0.306 e. The first-order valence-electron chi connectivity index (χ1n) is 38.3. The van der Waals surface area contributed by atoms with Crippen LogP contribution < -0.4 is 33.6 Å². The Labute approximate surface area is 737 Å². The van der Waals surface area contributed by atoms with Crippen LogP contribution in [0.5, 0.6) is 0 Å². The van der Waals surface area contributed by atoms with Gasteiger partial charge in [-0.25, -0.2) is 79.9 Å². The van der Waals surface area contributed by atoms with Crippen molar-refractivity contribution in [1.82, 2.24) is 25.6 Å². The first-order chi connectivity index (χ1) is 59.5. The summed E-state index contributed by atoms with van der Waals surface area (Å²) in [6.45, 7) is -1.22. The molecule has 2 aromatic heterocycles. The van der Waals surface area contributed by atoms with Crippen molar-refractivity contribution in [1.29, 1.82) is 21.6 Å². The van der Waals surface area contributed by atoms with Gasteiger partial charge < -0.3 is 146 Å². The fourth-order valence-corrected chi connectivity index (χ4v) is 18.1. The molecular formula is C70H106N28O21S6. The van der Waals surface area contributed by atoms with E-state index >= 15 is 0 Å². The number of hydrogen-bond acceptors (Lipinski definition) is 31. The second-order valence-electron chi connectivity index (χ2n) is 27.6. The molecule has 0 spiro atoms. The summed E-state index contributed by atoms with van der Waals surface area (Å²) in [5, 5.41) is 272. The van der Waals surface area contributed by atoms with Crippen LogP contribution in [0, 0.1) is 21.6 Å². The Kier molecular flexibility index (Phi) is 43.2. The van der Waals surface area contributed by atoms with Gasteiger partial charge in [-0.15, -0.1) is 0 Å². The van der Waals surface area contributed by atoms with Crippen molar-refractivity contribution in [2.75, 3.05) is 67.4 Å². The Balaban J connectivity index is 1.78. The molecular weight excluding hydrogens is 1760 g/mol. The highest BCUT2D eigenvalue weighted by Gasteiger charge is 2.35. The lowest BCUT2D eigenvalue weighted by Gasteiger charge is -2.20. The minimum absolute atomic E-state index is 0.0603. The quantitative estimate of drug-likeness (QED) is 0.0279. The highest BCUT2D eigenvalue weighted by molar-refractivity contribution is 8.77. The van der Waals surface area contributed by atoms with E-state index in [1.54, 1.807) is 30.5 Å². The standard InChI is InChI=1S/C70H106N28O21S6/c1-31-54(105)85-37(10-4-5-13-71)56(107)88-40(16-32-20-82-36-9-3-2-8-34(32)36)59(110)97-48-27-122-120-24-35(72)55(106)95-47-26-124-125-29-50(68(119)94-46(53(74)104)25-121-123-28-49(67(118)93-44(22-99)63(114)84-31)98-61(112)42(18-51(73)101)90-66(47)117)96-58(109)39(12-7-15-81-70(77)78)86-64(115)45(23-100)92-60(111)41(17-33-21-79-30-83-33)89-62(113)43(19-52(102)103)91-57(108)38(87-65(48)116)11-6-14-80-69(75)76/h2-3,8-9,20-21,30-31,35,37-50,82,99-100H,4-7,10-19,22-29,71-72H2,1H3,(H2,73,101)(H2,74,104)(H,79,83)(H,84,114)(H,85,105)(H,86,115)(H,87,116)(H,88,107)(H,89,113)(H,90,117)(H,91,108)(H,92,111)(H,93,118)(H,94,119)(H,95,106)(H,96,109)(H,97,110)(H,98,112)(H,102,103)(H4,75,76,80)(H4,77,78,81). The molecule has 3 aromatic rings. The SMILES string of the molecule is CC1N=C(O)C(CO)N=C(O)C2CSSCC(C(=N)O)N=C(O)C3CSSCC(N=C(O)C(N)CSSCC(N=C(O)C(Cc4c[nH]c5ccccc45)N=C(O)C(CCCCN)N=C1O)C(O)=NC(CCCNC(=N)N)C(O)=NC(CC(=O)O)C(O)=NC(Cc1cnc[nH]1)C(O)=NC(CO)C(O)=NC(CCCNC(=N)N)C(O)=N3)C(O)=NC(CC(=N)O)C(O)=N2. The van der Waals surface area contributed by atoms with Gasteiger partial charge in [-0.3, -0.25) is 26.4 Å². The molecule has 1 aromatic carbocycles. The van der Waals surface area contributed by atoms with E-state index in [2.05, 4.69) is 100 Å². The molecule has 4 bridgehead atoms. The number of para-hydroxylation sites is 1. The third kappa shape index (κ3) is 34.8. The van der Waals surface area contributed by atoms with Gasteiger partial charge in [0.2, 0.25) is 88.5 Å². The molecule has 5 heterocycles. The maximum absolute atomic E-state index is 12.8. The minimum Gasteiger partial charge on any atom is -0.497 e. The number of unbranched alkanes of at least 4 members (excludes halogenated alkanes) is 1. The average Bonchev–Trinajstić information content (AvgIpc) is 1.69. The summed E-state index contributed by atoms with van der Waals surface area (Å²) in [6.07, 6.45) is 0.640. The van der Waals surface area contributed by atoms with Crippen LogP contribution in [-0.4, -0.2) is 399 Å². The minimum atomic E-state index is -2.13. The van der Waals surface area contributed by atoms with Gasteiger partial charge >= 0.3 is 5.97 Å². The number of aromatic amines is 2. The van der Waals surface area contributed by atoms with E-state index in [0.29, 0.717) is 22.9 Å². The van der Waals surface area contributed by atoms with Gasteiger partial charge in [-0.2, -0.15) is 0 Å². The Morgan fingerprint density at radius 3 is 1.34 bits per heavy atom. The molecule has 0 fully saturated rings. The maximum atomic E-state index is 12.8. The van der Waals surface area contributed by atoms with Crippen LogP contribution in [-0.2, 0) is 17.6 Å². The summed E-state index contributed by atoms with van der Waals surface area (Å²) in [7, 11) is 4.84. The van der Waals surface area contributed by atoms with E-state index in [0.717, 1.165) is 64.8 Å². The number of rotatable bonds is 23. The zero-order chi connectivity index (χ0) is 92.0. The third-order valence-electron chi connectivity index (χ3n) is 17.9. The number of H-pyrrole nitrogens is 2. The van der Waals surface area contributed by atoms with Crippen molar-refractivity contribution in [3.05, 3.63) is 54.2 Å². The van der Waals surface area contributed by atoms with Gasteiger partial charge in [0, 0.05) is 89.4 Å². The average molecular weight is 1870 g/mol. The Morgan fingerprint density at radius 1 is 0.448 bits per heavy atom. The predicted octanol–water partition coefficient (Wildman–Crippen LogP) is 3.66. The van der Waals surface area contributed by atoms with Crippen LogP contribution >= 0.6 is 64.8 Å². The summed E-state index contributed by atoms with van der Waals surface area (Å²) >= 11 is 0. The number of aliphatic carboxylic acids is 1. The second-order valence-corrected chi connectivity index (χ2v) is 35.3. The van der Waals surface area contributed by atoms with E-state index < -0.39 is 276 Å². The summed E-state index contributed by atoms with van der Waals surface area (Å²) in [5.41, 5.74) is 24.9. The van der Waals surface area contributed by atoms with E-state index in [9.17, 15) is 107 Å². The summed E-state index contributed by atoms with van der Waals surface area (Å²) < 4.78 is 0. The number of nitrogens with one attached hydrogen (secondary N) is 8. The van der Waals surface area contributed by atoms with E-state index in [4.69, 9.17) is 44.6 Å². The number of carboxylic acid groups (broad SMARTS) is 1. The molecule has 688 valence electrons. The fourth-order valence-electron chi connectivity index (χ4n) is 11.3. The molecule has 3 aliphatic rings. The Hall–Kier alpha value is -11.1. The van der Waals surface area contributed by atoms with Crippen molar-refractivity contribution < 1.29 is 107 Å². The number of aliphatic imine (C=N–C) groups is 15. The molecule has 0 radical (unpaired) electrons. The molecule has 16 atom stereocenters. The Morgan fingerprint density at radius 2 is 0.840 bits per heavy atom. The molecule has 36 N–H and O–H groups in total. The van der Waals surface area contributed by atoms with Crippen molar-refractivity contribution in [3.8, 4) is 0 Å². The number of nitrogens with two attached hydrogens (primary N) is 4. The summed E-state index contributed by atoms with van der Waals surface area (Å²) in [6, 6.07) is -21.8. The number of aromatic nitrogens is 3. The van der Waals surface area contributed by atoms with Crippen LogP contribution in [0.4, 0.5) is 0 Å². The van der Waals surface area contributed by atoms with Crippen molar-refractivity contribution in [2.45, 2.75) is 174 Å². The molecule has 125 heavy (non-hydrogen) atoms. The molecule has 0 aliphatic carbocycles.